The minimum atomic E-state index is -4.83. The molecule has 0 fully saturated rings. The van der Waals surface area contributed by atoms with Crippen LogP contribution in [0.2, 0.25) is 0 Å². The molecule has 154 valence electrons. The summed E-state index contributed by atoms with van der Waals surface area (Å²) in [5, 5.41) is 10.9. The summed E-state index contributed by atoms with van der Waals surface area (Å²) in [5.41, 5.74) is 0.315. The van der Waals surface area contributed by atoms with Gasteiger partial charge in [0.05, 0.1) is 17.5 Å². The van der Waals surface area contributed by atoms with Crippen molar-refractivity contribution in [2.45, 2.75) is 17.3 Å². The summed E-state index contributed by atoms with van der Waals surface area (Å²) < 4.78 is 68.1. The van der Waals surface area contributed by atoms with Gasteiger partial charge in [0.25, 0.3) is 0 Å². The highest BCUT2D eigenvalue weighted by Gasteiger charge is 2.32. The molecule has 0 aliphatic heterocycles. The number of likely N-dealkylation sites (N-methyl/N-ethyl adjacent to an activating group) is 1. The van der Waals surface area contributed by atoms with Gasteiger partial charge in [-0.1, -0.05) is 24.3 Å². The van der Waals surface area contributed by atoms with Gasteiger partial charge < -0.3 is 9.84 Å². The molecule has 3 aromatic rings. The van der Waals surface area contributed by atoms with Crippen LogP contribution in [-0.4, -0.2) is 42.8 Å². The van der Waals surface area contributed by atoms with Gasteiger partial charge in [-0.15, -0.1) is 13.2 Å². The number of sulfonamides is 1. The quantitative estimate of drug-likeness (QED) is 0.653. The van der Waals surface area contributed by atoms with Crippen molar-refractivity contribution >= 4 is 20.8 Å². The van der Waals surface area contributed by atoms with Gasteiger partial charge in [0.2, 0.25) is 10.0 Å². The lowest BCUT2D eigenvalue weighted by Crippen LogP contribution is -2.33. The fourth-order valence-electron chi connectivity index (χ4n) is 2.96. The molecule has 1 heterocycles. The largest absolute Gasteiger partial charge is 0.573 e. The predicted octanol–water partition coefficient (Wildman–Crippen LogP) is 3.49. The number of ether oxygens (including phenoxy) is 1. The number of aliphatic hydroxyl groups excluding tert-OH is 1. The minimum Gasteiger partial charge on any atom is -0.406 e. The highest BCUT2D eigenvalue weighted by atomic mass is 32.2. The zero-order chi connectivity index (χ0) is 21.2. The summed E-state index contributed by atoms with van der Waals surface area (Å²) in [6.07, 6.45) is -1.82. The topological polar surface area (TPSA) is 79.7 Å². The number of fused-ring (bicyclic) bond motifs is 1. The van der Waals surface area contributed by atoms with Crippen molar-refractivity contribution in [3.05, 3.63) is 66.5 Å². The number of aromatic nitrogens is 1. The van der Waals surface area contributed by atoms with Crippen molar-refractivity contribution in [1.82, 2.24) is 9.29 Å². The normalized spacial score (nSPS) is 13.6. The van der Waals surface area contributed by atoms with E-state index in [9.17, 15) is 26.7 Å². The molecule has 0 radical (unpaired) electrons. The molecular formula is C19H17F3N2O4S. The zero-order valence-corrected chi connectivity index (χ0v) is 16.0. The Morgan fingerprint density at radius 1 is 1.14 bits per heavy atom. The van der Waals surface area contributed by atoms with Gasteiger partial charge >= 0.3 is 6.36 Å². The molecule has 0 spiro atoms. The SMILES string of the molecule is CN(C(CO)c1ccc(OC(F)(F)F)cc1)S(=O)(=O)c1cccc2cnccc12. The van der Waals surface area contributed by atoms with Crippen molar-refractivity contribution in [2.24, 2.45) is 0 Å². The molecule has 1 N–H and O–H groups in total. The first-order chi connectivity index (χ1) is 13.6. The van der Waals surface area contributed by atoms with Gasteiger partial charge in [-0.3, -0.25) is 4.98 Å². The smallest absolute Gasteiger partial charge is 0.406 e. The molecule has 0 saturated heterocycles. The highest BCUT2D eigenvalue weighted by Crippen LogP contribution is 2.31. The second kappa shape index (κ2) is 7.97. The van der Waals surface area contributed by atoms with Crippen LogP contribution in [0.1, 0.15) is 11.6 Å². The summed E-state index contributed by atoms with van der Waals surface area (Å²) >= 11 is 0. The van der Waals surface area contributed by atoms with Crippen molar-refractivity contribution in [3.8, 4) is 5.75 Å². The Labute approximate surface area is 165 Å². The zero-order valence-electron chi connectivity index (χ0n) is 15.2. The van der Waals surface area contributed by atoms with Crippen LogP contribution in [0, 0.1) is 0 Å². The van der Waals surface area contributed by atoms with Crippen molar-refractivity contribution in [1.29, 1.82) is 0 Å². The molecule has 2 aromatic carbocycles. The minimum absolute atomic E-state index is 0.0374. The van der Waals surface area contributed by atoms with Crippen LogP contribution < -0.4 is 4.74 Å². The predicted molar refractivity (Wildman–Crippen MR) is 99.6 cm³/mol. The molecule has 1 unspecified atom stereocenters. The fourth-order valence-corrected chi connectivity index (χ4v) is 4.51. The molecule has 0 bridgehead atoms. The second-order valence-corrected chi connectivity index (χ2v) is 8.16. The first-order valence-corrected chi connectivity index (χ1v) is 9.85. The van der Waals surface area contributed by atoms with E-state index in [0.29, 0.717) is 16.3 Å². The number of pyridine rings is 1. The summed E-state index contributed by atoms with van der Waals surface area (Å²) in [7, 11) is -2.73. The Balaban J connectivity index is 1.95. The van der Waals surface area contributed by atoms with Gasteiger partial charge in [0.1, 0.15) is 5.75 Å². The molecule has 0 aliphatic carbocycles. The number of benzene rings is 2. The Kier molecular flexibility index (Phi) is 5.78. The van der Waals surface area contributed by atoms with Gasteiger partial charge in [0.15, 0.2) is 0 Å². The molecule has 29 heavy (non-hydrogen) atoms. The fraction of sp³-hybridized carbons (Fsp3) is 0.211. The Bertz CT molecular complexity index is 1100. The molecule has 6 nitrogen and oxygen atoms in total. The first kappa shape index (κ1) is 21.0. The second-order valence-electron chi connectivity index (χ2n) is 6.19. The third-order valence-electron chi connectivity index (χ3n) is 4.41. The lowest BCUT2D eigenvalue weighted by molar-refractivity contribution is -0.274. The third kappa shape index (κ3) is 4.50. The number of alkyl halides is 3. The van der Waals surface area contributed by atoms with E-state index >= 15 is 0 Å². The number of hydrogen-bond donors (Lipinski definition) is 1. The van der Waals surface area contributed by atoms with E-state index in [1.54, 1.807) is 18.2 Å². The van der Waals surface area contributed by atoms with E-state index in [1.165, 1.54) is 37.6 Å². The van der Waals surface area contributed by atoms with Crippen LogP contribution in [0.4, 0.5) is 13.2 Å². The van der Waals surface area contributed by atoms with Gasteiger partial charge in [-0.25, -0.2) is 8.42 Å². The number of halogens is 3. The molecule has 1 aromatic heterocycles. The van der Waals surface area contributed by atoms with Crippen molar-refractivity contribution in [2.75, 3.05) is 13.7 Å². The molecule has 0 amide bonds. The summed E-state index contributed by atoms with van der Waals surface area (Å²) in [5.74, 6) is -0.440. The van der Waals surface area contributed by atoms with Crippen LogP contribution >= 0.6 is 0 Å². The van der Waals surface area contributed by atoms with Gasteiger partial charge in [0, 0.05) is 30.2 Å². The Morgan fingerprint density at radius 3 is 2.45 bits per heavy atom. The number of nitrogens with zero attached hydrogens (tertiary/aromatic N) is 2. The van der Waals surface area contributed by atoms with Crippen LogP contribution in [0.25, 0.3) is 10.8 Å². The Morgan fingerprint density at radius 2 is 1.83 bits per heavy atom. The molecule has 0 saturated carbocycles. The van der Waals surface area contributed by atoms with E-state index in [4.69, 9.17) is 0 Å². The van der Waals surface area contributed by atoms with Crippen LogP contribution in [-0.2, 0) is 10.0 Å². The van der Waals surface area contributed by atoms with Crippen LogP contribution in [0.5, 0.6) is 5.75 Å². The third-order valence-corrected chi connectivity index (χ3v) is 6.33. The maximum atomic E-state index is 13.2. The van der Waals surface area contributed by atoms with Crippen LogP contribution in [0.15, 0.2) is 65.8 Å². The summed E-state index contributed by atoms with van der Waals surface area (Å²) in [4.78, 5) is 4.01. The summed E-state index contributed by atoms with van der Waals surface area (Å²) in [6.45, 7) is -0.568. The average Bonchev–Trinajstić information content (AvgIpc) is 2.68. The van der Waals surface area contributed by atoms with E-state index in [0.717, 1.165) is 16.4 Å². The Hall–Kier alpha value is -2.69. The van der Waals surface area contributed by atoms with E-state index in [1.807, 2.05) is 0 Å². The average molecular weight is 426 g/mol. The number of hydrogen-bond acceptors (Lipinski definition) is 5. The van der Waals surface area contributed by atoms with E-state index < -0.39 is 34.8 Å². The standard InChI is InChI=1S/C19H17F3N2O4S/c1-24(17(12-25)13-5-7-15(8-6-13)28-19(20,21)22)29(26,27)18-4-2-3-14-11-23-10-9-16(14)18/h2-11,17,25H,12H2,1H3. The maximum Gasteiger partial charge on any atom is 0.573 e. The first-order valence-electron chi connectivity index (χ1n) is 8.41. The highest BCUT2D eigenvalue weighted by molar-refractivity contribution is 7.89. The molecule has 1 atom stereocenters. The van der Waals surface area contributed by atoms with Gasteiger partial charge in [-0.2, -0.15) is 4.31 Å². The number of rotatable bonds is 6. The monoisotopic (exact) mass is 426 g/mol. The molecular weight excluding hydrogens is 409 g/mol. The van der Waals surface area contributed by atoms with E-state index in [2.05, 4.69) is 9.72 Å². The van der Waals surface area contributed by atoms with E-state index in [-0.39, 0.29) is 4.90 Å². The lowest BCUT2D eigenvalue weighted by Gasteiger charge is -2.27. The van der Waals surface area contributed by atoms with Crippen LogP contribution in [0.3, 0.4) is 0 Å². The molecule has 3 rings (SSSR count). The van der Waals surface area contributed by atoms with Crippen molar-refractivity contribution < 1.29 is 31.4 Å². The maximum absolute atomic E-state index is 13.2. The molecule has 10 heteroatoms. The lowest BCUT2D eigenvalue weighted by atomic mass is 10.1. The summed E-state index contributed by atoms with van der Waals surface area (Å²) in [6, 6.07) is 10.0. The number of aliphatic hydroxyl groups is 1. The van der Waals surface area contributed by atoms with Crippen molar-refractivity contribution in [3.63, 3.8) is 0 Å². The molecule has 0 aliphatic rings. The van der Waals surface area contributed by atoms with Gasteiger partial charge in [-0.05, 0) is 29.8 Å².